The normalized spacial score (nSPS) is 17.1. The van der Waals surface area contributed by atoms with Crippen molar-refractivity contribution in [2.24, 2.45) is 0 Å². The Morgan fingerprint density at radius 1 is 1.05 bits per heavy atom. The van der Waals surface area contributed by atoms with Gasteiger partial charge in [-0.1, -0.05) is 22.0 Å². The quantitative estimate of drug-likeness (QED) is 0.645. The Morgan fingerprint density at radius 3 is 2.65 bits per heavy atom. The maximum Gasteiger partial charge on any atom is 0.147 e. The molecule has 0 saturated carbocycles. The van der Waals surface area contributed by atoms with Crippen LogP contribution >= 0.6 is 31.9 Å². The maximum absolute atomic E-state index is 13.9. The fourth-order valence-corrected chi connectivity index (χ4v) is 3.28. The largest absolute Gasteiger partial charge is 0.376 e. The molecule has 0 amide bonds. The fraction of sp³-hybridized carbons (Fsp3) is 0.200. The highest BCUT2D eigenvalue weighted by atomic mass is 79.9. The number of fused-ring (bicyclic) bond motifs is 1. The third kappa shape index (κ3) is 2.61. The number of hydrogen-bond donors (Lipinski definition) is 1. The molecule has 0 saturated heterocycles. The van der Waals surface area contributed by atoms with Gasteiger partial charge in [0.1, 0.15) is 11.6 Å². The van der Waals surface area contributed by atoms with Gasteiger partial charge in [0.15, 0.2) is 0 Å². The summed E-state index contributed by atoms with van der Waals surface area (Å²) >= 11 is 6.42. The molecule has 0 aromatic heterocycles. The molecule has 2 aromatic carbocycles. The van der Waals surface area contributed by atoms with Crippen LogP contribution in [0.1, 0.15) is 23.6 Å². The molecule has 1 aliphatic carbocycles. The van der Waals surface area contributed by atoms with E-state index in [1.807, 2.05) is 12.1 Å². The molecule has 0 spiro atoms. The zero-order valence-corrected chi connectivity index (χ0v) is 13.6. The monoisotopic (exact) mass is 401 g/mol. The molecule has 1 N–H and O–H groups in total. The predicted octanol–water partition coefficient (Wildman–Crippen LogP) is 5.59. The second kappa shape index (κ2) is 5.45. The van der Waals surface area contributed by atoms with Crippen molar-refractivity contribution in [1.29, 1.82) is 0 Å². The smallest absolute Gasteiger partial charge is 0.147 e. The van der Waals surface area contributed by atoms with Crippen molar-refractivity contribution in [1.82, 2.24) is 0 Å². The van der Waals surface area contributed by atoms with Gasteiger partial charge < -0.3 is 5.32 Å². The van der Waals surface area contributed by atoms with E-state index >= 15 is 0 Å². The summed E-state index contributed by atoms with van der Waals surface area (Å²) in [5.41, 5.74) is 2.59. The van der Waals surface area contributed by atoms with Gasteiger partial charge in [0.2, 0.25) is 0 Å². The van der Waals surface area contributed by atoms with E-state index in [4.69, 9.17) is 0 Å². The Hall–Kier alpha value is -0.940. The number of aryl methyl sites for hydroxylation is 1. The van der Waals surface area contributed by atoms with Crippen molar-refractivity contribution in [3.63, 3.8) is 0 Å². The zero-order valence-electron chi connectivity index (χ0n) is 10.4. The number of hydrogen-bond acceptors (Lipinski definition) is 1. The minimum absolute atomic E-state index is 0.0215. The lowest BCUT2D eigenvalue weighted by atomic mass is 10.1. The second-order valence-electron chi connectivity index (χ2n) is 4.82. The van der Waals surface area contributed by atoms with E-state index < -0.39 is 11.6 Å². The van der Waals surface area contributed by atoms with Gasteiger partial charge in [-0.15, -0.1) is 0 Å². The van der Waals surface area contributed by atoms with E-state index in [9.17, 15) is 8.78 Å². The minimum Gasteiger partial charge on any atom is -0.376 e. The van der Waals surface area contributed by atoms with Crippen LogP contribution in [-0.4, -0.2) is 0 Å². The summed E-state index contributed by atoms with van der Waals surface area (Å²) in [4.78, 5) is 0. The number of anilines is 1. The summed E-state index contributed by atoms with van der Waals surface area (Å²) in [6.07, 6.45) is 1.82. The molecule has 1 aliphatic rings. The first-order valence-electron chi connectivity index (χ1n) is 6.24. The average molecular weight is 403 g/mol. The minimum atomic E-state index is -0.470. The predicted molar refractivity (Wildman–Crippen MR) is 82.9 cm³/mol. The van der Waals surface area contributed by atoms with Crippen LogP contribution in [0.3, 0.4) is 0 Å². The Kier molecular flexibility index (Phi) is 3.82. The van der Waals surface area contributed by atoms with Crippen LogP contribution < -0.4 is 5.32 Å². The molecule has 5 heteroatoms. The topological polar surface area (TPSA) is 12.0 Å². The lowest BCUT2D eigenvalue weighted by molar-refractivity contribution is 0.593. The summed E-state index contributed by atoms with van der Waals surface area (Å²) < 4.78 is 28.6. The maximum atomic E-state index is 13.9. The number of nitrogens with one attached hydrogen (secondary N) is 1. The Bertz CT molecular complexity index is 673. The van der Waals surface area contributed by atoms with Crippen LogP contribution in [0.5, 0.6) is 0 Å². The van der Waals surface area contributed by atoms with E-state index in [-0.39, 0.29) is 16.2 Å². The first-order valence-corrected chi connectivity index (χ1v) is 7.82. The summed E-state index contributed by atoms with van der Waals surface area (Å²) in [6.45, 7) is 0. The highest BCUT2D eigenvalue weighted by Crippen LogP contribution is 2.36. The summed E-state index contributed by atoms with van der Waals surface area (Å²) in [6, 6.07) is 8.43. The van der Waals surface area contributed by atoms with Crippen LogP contribution in [0.2, 0.25) is 0 Å². The van der Waals surface area contributed by atoms with Crippen LogP contribution in [0, 0.1) is 11.6 Å². The van der Waals surface area contributed by atoms with Gasteiger partial charge in [0.25, 0.3) is 0 Å². The van der Waals surface area contributed by atoms with E-state index in [1.54, 1.807) is 0 Å². The third-order valence-corrected chi connectivity index (χ3v) is 4.62. The van der Waals surface area contributed by atoms with Crippen LogP contribution in [-0.2, 0) is 6.42 Å². The molecular formula is C15H11Br2F2N. The Labute approximate surface area is 132 Å². The fourth-order valence-electron chi connectivity index (χ4n) is 2.56. The van der Waals surface area contributed by atoms with Crippen LogP contribution in [0.4, 0.5) is 14.5 Å². The molecule has 0 bridgehead atoms. The van der Waals surface area contributed by atoms with E-state index in [1.165, 1.54) is 11.6 Å². The molecule has 0 radical (unpaired) electrons. The SMILES string of the molecule is Fc1cc(NC2CCc3cc(Br)ccc32)c(F)cc1Br. The highest BCUT2D eigenvalue weighted by molar-refractivity contribution is 9.10. The Balaban J connectivity index is 1.89. The lowest BCUT2D eigenvalue weighted by Crippen LogP contribution is -2.09. The summed E-state index contributed by atoms with van der Waals surface area (Å²) in [5, 5.41) is 3.10. The van der Waals surface area contributed by atoms with Gasteiger partial charge in [-0.05, 0) is 58.1 Å². The molecule has 0 aliphatic heterocycles. The first kappa shape index (κ1) is 14.0. The van der Waals surface area contributed by atoms with Gasteiger partial charge in [0, 0.05) is 10.5 Å². The van der Waals surface area contributed by atoms with Crippen LogP contribution in [0.25, 0.3) is 0 Å². The van der Waals surface area contributed by atoms with Crippen molar-refractivity contribution in [2.75, 3.05) is 5.32 Å². The molecule has 0 heterocycles. The van der Waals surface area contributed by atoms with E-state index in [2.05, 4.69) is 43.2 Å². The molecule has 0 fully saturated rings. The van der Waals surface area contributed by atoms with Gasteiger partial charge in [-0.3, -0.25) is 0 Å². The third-order valence-electron chi connectivity index (χ3n) is 3.52. The standard InChI is InChI=1S/C15H11Br2F2N/c16-9-2-3-10-8(5-9)1-4-14(10)20-15-7-12(18)11(17)6-13(15)19/h2-3,5-7,14,20H,1,4H2. The highest BCUT2D eigenvalue weighted by Gasteiger charge is 2.23. The van der Waals surface area contributed by atoms with Crippen molar-refractivity contribution in [2.45, 2.75) is 18.9 Å². The summed E-state index contributed by atoms with van der Waals surface area (Å²) in [7, 11) is 0. The van der Waals surface area contributed by atoms with Gasteiger partial charge in [-0.2, -0.15) is 0 Å². The molecule has 104 valence electrons. The molecular weight excluding hydrogens is 392 g/mol. The van der Waals surface area contributed by atoms with E-state index in [0.29, 0.717) is 0 Å². The lowest BCUT2D eigenvalue weighted by Gasteiger charge is -2.16. The molecule has 2 aromatic rings. The number of halogens is 4. The first-order chi connectivity index (χ1) is 9.54. The molecule has 1 atom stereocenters. The average Bonchev–Trinajstić information content (AvgIpc) is 2.78. The second-order valence-corrected chi connectivity index (χ2v) is 6.59. The van der Waals surface area contributed by atoms with Crippen molar-refractivity contribution >= 4 is 37.5 Å². The van der Waals surface area contributed by atoms with E-state index in [0.717, 1.165) is 28.9 Å². The molecule has 20 heavy (non-hydrogen) atoms. The van der Waals surface area contributed by atoms with Gasteiger partial charge >= 0.3 is 0 Å². The van der Waals surface area contributed by atoms with Crippen molar-refractivity contribution in [3.05, 3.63) is 62.0 Å². The van der Waals surface area contributed by atoms with Gasteiger partial charge in [0.05, 0.1) is 16.2 Å². The van der Waals surface area contributed by atoms with Crippen LogP contribution in [0.15, 0.2) is 39.3 Å². The summed E-state index contributed by atoms with van der Waals surface area (Å²) in [5.74, 6) is -0.924. The van der Waals surface area contributed by atoms with Gasteiger partial charge in [-0.25, -0.2) is 8.78 Å². The van der Waals surface area contributed by atoms with Crippen molar-refractivity contribution in [3.8, 4) is 0 Å². The number of benzene rings is 2. The molecule has 1 nitrogen and oxygen atoms in total. The zero-order chi connectivity index (χ0) is 14.3. The van der Waals surface area contributed by atoms with Crippen molar-refractivity contribution < 1.29 is 8.78 Å². The number of rotatable bonds is 2. The Morgan fingerprint density at radius 2 is 1.85 bits per heavy atom. The molecule has 3 rings (SSSR count). The molecule has 1 unspecified atom stereocenters.